The lowest BCUT2D eigenvalue weighted by molar-refractivity contribution is 0.0835. The summed E-state index contributed by atoms with van der Waals surface area (Å²) in [5.74, 6) is 0.859. The van der Waals surface area contributed by atoms with Gasteiger partial charge in [0.2, 0.25) is 0 Å². The quantitative estimate of drug-likeness (QED) is 0.860. The summed E-state index contributed by atoms with van der Waals surface area (Å²) in [6.45, 7) is 4.61. The van der Waals surface area contributed by atoms with Crippen LogP contribution in [0.1, 0.15) is 30.9 Å². The molecule has 1 atom stereocenters. The molecular formula is C14H21N3. The van der Waals surface area contributed by atoms with Gasteiger partial charge in [0, 0.05) is 44.6 Å². The predicted octanol–water partition coefficient (Wildman–Crippen LogP) is 1.83. The first-order valence-corrected chi connectivity index (χ1v) is 6.80. The van der Waals surface area contributed by atoms with E-state index >= 15 is 0 Å². The molecule has 1 N–H and O–H groups in total. The van der Waals surface area contributed by atoms with E-state index in [0.717, 1.165) is 19.0 Å². The fourth-order valence-electron chi connectivity index (χ4n) is 3.05. The third kappa shape index (κ3) is 2.35. The molecule has 0 aromatic carbocycles. The van der Waals surface area contributed by atoms with Crippen LogP contribution in [0.4, 0.5) is 0 Å². The molecule has 3 rings (SSSR count). The van der Waals surface area contributed by atoms with Crippen molar-refractivity contribution in [1.82, 2.24) is 15.2 Å². The molecule has 0 spiro atoms. The summed E-state index contributed by atoms with van der Waals surface area (Å²) in [5, 5.41) is 3.44. The average Bonchev–Trinajstić information content (AvgIpc) is 2.36. The maximum atomic E-state index is 4.30. The number of aromatic nitrogens is 1. The summed E-state index contributed by atoms with van der Waals surface area (Å²) >= 11 is 0. The van der Waals surface area contributed by atoms with Crippen LogP contribution < -0.4 is 5.32 Å². The molecule has 92 valence electrons. The second-order valence-corrected chi connectivity index (χ2v) is 5.21. The van der Waals surface area contributed by atoms with Gasteiger partial charge < -0.3 is 5.32 Å². The SMILES string of the molecule is c1cncc([C@@H](C2CCC2)N2CCNCC2)c1. The molecule has 1 aliphatic carbocycles. The van der Waals surface area contributed by atoms with Gasteiger partial charge >= 0.3 is 0 Å². The zero-order chi connectivity index (χ0) is 11.5. The van der Waals surface area contributed by atoms with Crippen LogP contribution in [0.15, 0.2) is 24.5 Å². The van der Waals surface area contributed by atoms with Gasteiger partial charge in [0.1, 0.15) is 0 Å². The lowest BCUT2D eigenvalue weighted by atomic mass is 9.76. The van der Waals surface area contributed by atoms with Crippen molar-refractivity contribution in [3.63, 3.8) is 0 Å². The largest absolute Gasteiger partial charge is 0.314 e. The highest BCUT2D eigenvalue weighted by atomic mass is 15.2. The van der Waals surface area contributed by atoms with Crippen LogP contribution in [-0.4, -0.2) is 36.1 Å². The van der Waals surface area contributed by atoms with Gasteiger partial charge in [-0.1, -0.05) is 12.5 Å². The smallest absolute Gasteiger partial charge is 0.0392 e. The van der Waals surface area contributed by atoms with Gasteiger partial charge in [-0.15, -0.1) is 0 Å². The molecular weight excluding hydrogens is 210 g/mol. The van der Waals surface area contributed by atoms with E-state index in [1.807, 2.05) is 6.20 Å². The Morgan fingerprint density at radius 3 is 2.71 bits per heavy atom. The van der Waals surface area contributed by atoms with Crippen molar-refractivity contribution >= 4 is 0 Å². The molecule has 0 amide bonds. The number of hydrogen-bond acceptors (Lipinski definition) is 3. The van der Waals surface area contributed by atoms with Crippen LogP contribution in [0.5, 0.6) is 0 Å². The lowest BCUT2D eigenvalue weighted by Gasteiger charge is -2.43. The first-order chi connectivity index (χ1) is 8.45. The highest BCUT2D eigenvalue weighted by Gasteiger charge is 2.33. The van der Waals surface area contributed by atoms with Crippen molar-refractivity contribution in [3.8, 4) is 0 Å². The van der Waals surface area contributed by atoms with Crippen LogP contribution in [0.25, 0.3) is 0 Å². The Hall–Kier alpha value is -0.930. The summed E-state index contributed by atoms with van der Waals surface area (Å²) in [5.41, 5.74) is 1.42. The van der Waals surface area contributed by atoms with Crippen LogP contribution in [-0.2, 0) is 0 Å². The van der Waals surface area contributed by atoms with Crippen LogP contribution >= 0.6 is 0 Å². The van der Waals surface area contributed by atoms with Gasteiger partial charge in [0.05, 0.1) is 0 Å². The van der Waals surface area contributed by atoms with Crippen LogP contribution in [0, 0.1) is 5.92 Å². The van der Waals surface area contributed by atoms with E-state index in [9.17, 15) is 0 Å². The minimum absolute atomic E-state index is 0.611. The second-order valence-electron chi connectivity index (χ2n) is 5.21. The summed E-state index contributed by atoms with van der Waals surface area (Å²) in [6.07, 6.45) is 8.13. The number of nitrogens with zero attached hydrogens (tertiary/aromatic N) is 2. The number of hydrogen-bond donors (Lipinski definition) is 1. The summed E-state index contributed by atoms with van der Waals surface area (Å²) in [7, 11) is 0. The molecule has 2 fully saturated rings. The molecule has 2 heterocycles. The highest BCUT2D eigenvalue weighted by Crippen LogP contribution is 2.41. The fourth-order valence-corrected chi connectivity index (χ4v) is 3.05. The van der Waals surface area contributed by atoms with Crippen molar-refractivity contribution in [2.24, 2.45) is 5.92 Å². The van der Waals surface area contributed by atoms with Crippen LogP contribution in [0.3, 0.4) is 0 Å². The zero-order valence-electron chi connectivity index (χ0n) is 10.3. The maximum absolute atomic E-state index is 4.30. The fraction of sp³-hybridized carbons (Fsp3) is 0.643. The van der Waals surface area contributed by atoms with Gasteiger partial charge in [-0.2, -0.15) is 0 Å². The normalized spacial score (nSPS) is 24.2. The molecule has 3 nitrogen and oxygen atoms in total. The minimum atomic E-state index is 0.611. The summed E-state index contributed by atoms with van der Waals surface area (Å²) in [4.78, 5) is 6.95. The third-order valence-electron chi connectivity index (χ3n) is 4.17. The topological polar surface area (TPSA) is 28.2 Å². The Morgan fingerprint density at radius 2 is 2.12 bits per heavy atom. The van der Waals surface area contributed by atoms with Gasteiger partial charge in [0.25, 0.3) is 0 Å². The van der Waals surface area contributed by atoms with Crippen LogP contribution in [0.2, 0.25) is 0 Å². The molecule has 1 aromatic heterocycles. The molecule has 3 heteroatoms. The summed E-state index contributed by atoms with van der Waals surface area (Å²) in [6, 6.07) is 4.93. The average molecular weight is 231 g/mol. The zero-order valence-corrected chi connectivity index (χ0v) is 10.3. The second kappa shape index (κ2) is 5.15. The standard InChI is InChI=1S/C14H21N3/c1-3-12(4-1)14(13-5-2-6-16-11-13)17-9-7-15-8-10-17/h2,5-6,11-12,14-15H,1,3-4,7-10H2/t14-/m1/s1. The van der Waals surface area contributed by atoms with Crippen molar-refractivity contribution < 1.29 is 0 Å². The van der Waals surface area contributed by atoms with Gasteiger partial charge in [0.15, 0.2) is 0 Å². The monoisotopic (exact) mass is 231 g/mol. The molecule has 2 aliphatic rings. The number of pyridine rings is 1. The lowest BCUT2D eigenvalue weighted by Crippen LogP contribution is -2.47. The Bertz CT molecular complexity index is 342. The third-order valence-corrected chi connectivity index (χ3v) is 4.17. The first kappa shape index (κ1) is 11.2. The maximum Gasteiger partial charge on any atom is 0.0392 e. The molecule has 1 aromatic rings. The van der Waals surface area contributed by atoms with E-state index in [-0.39, 0.29) is 0 Å². The van der Waals surface area contributed by atoms with E-state index in [1.54, 1.807) is 0 Å². The number of nitrogens with one attached hydrogen (secondary N) is 1. The summed E-state index contributed by atoms with van der Waals surface area (Å²) < 4.78 is 0. The number of piperazine rings is 1. The van der Waals surface area contributed by atoms with E-state index in [1.165, 1.54) is 37.9 Å². The van der Waals surface area contributed by atoms with Gasteiger partial charge in [-0.3, -0.25) is 9.88 Å². The Labute approximate surface area is 103 Å². The van der Waals surface area contributed by atoms with Crippen molar-refractivity contribution in [1.29, 1.82) is 0 Å². The minimum Gasteiger partial charge on any atom is -0.314 e. The predicted molar refractivity (Wildman–Crippen MR) is 68.8 cm³/mol. The molecule has 1 saturated carbocycles. The number of rotatable bonds is 3. The molecule has 1 aliphatic heterocycles. The molecule has 1 saturated heterocycles. The first-order valence-electron chi connectivity index (χ1n) is 6.80. The van der Waals surface area contributed by atoms with Crippen molar-refractivity contribution in [3.05, 3.63) is 30.1 Å². The molecule has 0 bridgehead atoms. The van der Waals surface area contributed by atoms with Gasteiger partial charge in [-0.05, 0) is 30.4 Å². The van der Waals surface area contributed by atoms with E-state index in [2.05, 4.69) is 33.5 Å². The molecule has 0 radical (unpaired) electrons. The highest BCUT2D eigenvalue weighted by molar-refractivity contribution is 5.16. The van der Waals surface area contributed by atoms with Crippen molar-refractivity contribution in [2.75, 3.05) is 26.2 Å². The Morgan fingerprint density at radius 1 is 1.29 bits per heavy atom. The van der Waals surface area contributed by atoms with Gasteiger partial charge in [-0.25, -0.2) is 0 Å². The molecule has 0 unspecified atom stereocenters. The Balaban J connectivity index is 1.80. The molecule has 17 heavy (non-hydrogen) atoms. The van der Waals surface area contributed by atoms with E-state index in [0.29, 0.717) is 6.04 Å². The Kier molecular flexibility index (Phi) is 3.39. The van der Waals surface area contributed by atoms with Crippen molar-refractivity contribution in [2.45, 2.75) is 25.3 Å². The van der Waals surface area contributed by atoms with E-state index < -0.39 is 0 Å². The van der Waals surface area contributed by atoms with E-state index in [4.69, 9.17) is 0 Å².